The second-order valence-electron chi connectivity index (χ2n) is 5.11. The highest BCUT2D eigenvalue weighted by atomic mass is 35.5. The first-order chi connectivity index (χ1) is 9.58. The van der Waals surface area contributed by atoms with Crippen molar-refractivity contribution in [3.05, 3.63) is 64.7 Å². The van der Waals surface area contributed by atoms with Crippen molar-refractivity contribution in [1.82, 2.24) is 0 Å². The Balaban J connectivity index is 2.21. The molecule has 2 nitrogen and oxygen atoms in total. The molecule has 1 atom stereocenters. The summed E-state index contributed by atoms with van der Waals surface area (Å²) in [5, 5.41) is 0.755. The number of rotatable bonds is 5. The number of hydrogen-bond donors (Lipinski definition) is 1. The van der Waals surface area contributed by atoms with Crippen molar-refractivity contribution in [3.63, 3.8) is 0 Å². The van der Waals surface area contributed by atoms with Crippen LogP contribution in [0.15, 0.2) is 48.5 Å². The van der Waals surface area contributed by atoms with E-state index in [1.54, 1.807) is 0 Å². The molecule has 0 fully saturated rings. The van der Waals surface area contributed by atoms with Crippen LogP contribution < -0.4 is 10.5 Å². The van der Waals surface area contributed by atoms with Gasteiger partial charge in [-0.1, -0.05) is 48.0 Å². The lowest BCUT2D eigenvalue weighted by molar-refractivity contribution is 0.238. The summed E-state index contributed by atoms with van der Waals surface area (Å²) in [6.07, 6.45) is 0.821. The topological polar surface area (TPSA) is 35.2 Å². The molecule has 0 aliphatic rings. The molecule has 0 aliphatic heterocycles. The van der Waals surface area contributed by atoms with Gasteiger partial charge in [-0.25, -0.2) is 0 Å². The molecule has 0 bridgehead atoms. The summed E-state index contributed by atoms with van der Waals surface area (Å²) >= 11 is 6.19. The Hall–Kier alpha value is -1.51. The van der Waals surface area contributed by atoms with Gasteiger partial charge in [-0.3, -0.25) is 0 Å². The normalized spacial score (nSPS) is 12.4. The standard InChI is InChI=1S/C17H20ClNO/c1-12(2)20-17-10-6-4-8-14(17)16(19)11-13-7-3-5-9-15(13)18/h3-10,12,16H,11,19H2,1-2H3. The predicted molar refractivity (Wildman–Crippen MR) is 84.3 cm³/mol. The van der Waals surface area contributed by atoms with E-state index in [-0.39, 0.29) is 12.1 Å². The molecule has 0 heterocycles. The monoisotopic (exact) mass is 289 g/mol. The second-order valence-corrected chi connectivity index (χ2v) is 5.51. The lowest BCUT2D eigenvalue weighted by Crippen LogP contribution is -2.16. The van der Waals surface area contributed by atoms with Crippen molar-refractivity contribution in [3.8, 4) is 5.75 Å². The van der Waals surface area contributed by atoms with Crippen molar-refractivity contribution in [2.24, 2.45) is 5.73 Å². The number of para-hydroxylation sites is 1. The molecule has 2 aromatic rings. The van der Waals surface area contributed by atoms with E-state index in [4.69, 9.17) is 22.1 Å². The van der Waals surface area contributed by atoms with Crippen LogP contribution in [0.3, 0.4) is 0 Å². The van der Waals surface area contributed by atoms with E-state index in [1.165, 1.54) is 0 Å². The molecule has 0 radical (unpaired) electrons. The van der Waals surface area contributed by atoms with Gasteiger partial charge < -0.3 is 10.5 Å². The SMILES string of the molecule is CC(C)Oc1ccccc1C(N)Cc1ccccc1Cl. The lowest BCUT2D eigenvalue weighted by atomic mass is 9.99. The molecule has 3 heteroatoms. The van der Waals surface area contributed by atoms with Crippen LogP contribution in [-0.4, -0.2) is 6.10 Å². The van der Waals surface area contributed by atoms with Crippen LogP contribution in [0.25, 0.3) is 0 Å². The molecule has 106 valence electrons. The van der Waals surface area contributed by atoms with Crippen LogP contribution >= 0.6 is 11.6 Å². The van der Waals surface area contributed by atoms with Gasteiger partial charge in [0.2, 0.25) is 0 Å². The van der Waals surface area contributed by atoms with Crippen molar-refractivity contribution >= 4 is 11.6 Å². The minimum absolute atomic E-state index is 0.128. The first-order valence-corrected chi connectivity index (χ1v) is 7.20. The molecule has 2 aromatic carbocycles. The summed E-state index contributed by atoms with van der Waals surface area (Å²) in [4.78, 5) is 0. The van der Waals surface area contributed by atoms with Crippen molar-refractivity contribution in [1.29, 1.82) is 0 Å². The molecule has 0 saturated carbocycles. The van der Waals surface area contributed by atoms with Crippen LogP contribution in [0.1, 0.15) is 31.0 Å². The van der Waals surface area contributed by atoms with Gasteiger partial charge in [-0.2, -0.15) is 0 Å². The van der Waals surface area contributed by atoms with E-state index in [0.717, 1.165) is 21.9 Å². The highest BCUT2D eigenvalue weighted by molar-refractivity contribution is 6.31. The van der Waals surface area contributed by atoms with Gasteiger partial charge in [0, 0.05) is 16.6 Å². The maximum Gasteiger partial charge on any atom is 0.124 e. The molecule has 0 saturated heterocycles. The van der Waals surface area contributed by atoms with E-state index in [2.05, 4.69) is 0 Å². The molecule has 1 unspecified atom stereocenters. The van der Waals surface area contributed by atoms with Gasteiger partial charge >= 0.3 is 0 Å². The smallest absolute Gasteiger partial charge is 0.124 e. The average Bonchev–Trinajstić information content (AvgIpc) is 2.41. The third-order valence-electron chi connectivity index (χ3n) is 3.08. The summed E-state index contributed by atoms with van der Waals surface area (Å²) in [5.74, 6) is 0.849. The van der Waals surface area contributed by atoms with Crippen LogP contribution in [0.2, 0.25) is 5.02 Å². The fourth-order valence-corrected chi connectivity index (χ4v) is 2.37. The highest BCUT2D eigenvalue weighted by Crippen LogP contribution is 2.28. The summed E-state index contributed by atoms with van der Waals surface area (Å²) in [6, 6.07) is 15.6. The molecule has 20 heavy (non-hydrogen) atoms. The Morgan fingerprint density at radius 3 is 2.40 bits per heavy atom. The van der Waals surface area contributed by atoms with E-state index < -0.39 is 0 Å². The minimum Gasteiger partial charge on any atom is -0.491 e. The second kappa shape index (κ2) is 6.78. The summed E-state index contributed by atoms with van der Waals surface area (Å²) in [6.45, 7) is 4.02. The zero-order valence-electron chi connectivity index (χ0n) is 11.8. The van der Waals surface area contributed by atoms with E-state index >= 15 is 0 Å². The highest BCUT2D eigenvalue weighted by Gasteiger charge is 2.14. The summed E-state index contributed by atoms with van der Waals surface area (Å²) in [7, 11) is 0. The zero-order valence-corrected chi connectivity index (χ0v) is 12.6. The maximum atomic E-state index is 6.33. The molecular formula is C17H20ClNO. The fourth-order valence-electron chi connectivity index (χ4n) is 2.16. The number of nitrogens with two attached hydrogens (primary N) is 1. The molecule has 2 rings (SSSR count). The summed E-state index contributed by atoms with van der Waals surface area (Å²) in [5.41, 5.74) is 8.41. The molecular weight excluding hydrogens is 270 g/mol. The van der Waals surface area contributed by atoms with Gasteiger partial charge in [-0.05, 0) is 38.0 Å². The van der Waals surface area contributed by atoms with Crippen LogP contribution in [0.4, 0.5) is 0 Å². The Kier molecular flexibility index (Phi) is 5.05. The Morgan fingerprint density at radius 2 is 1.70 bits per heavy atom. The van der Waals surface area contributed by atoms with Crippen molar-refractivity contribution in [2.75, 3.05) is 0 Å². The molecule has 0 amide bonds. The van der Waals surface area contributed by atoms with Gasteiger partial charge in [0.1, 0.15) is 5.75 Å². The number of benzene rings is 2. The minimum atomic E-state index is -0.134. The van der Waals surface area contributed by atoms with Crippen LogP contribution in [-0.2, 0) is 6.42 Å². The molecule has 2 N–H and O–H groups in total. The van der Waals surface area contributed by atoms with Gasteiger partial charge in [0.15, 0.2) is 0 Å². The number of ether oxygens (including phenoxy) is 1. The summed E-state index contributed by atoms with van der Waals surface area (Å²) < 4.78 is 5.82. The lowest BCUT2D eigenvalue weighted by Gasteiger charge is -2.19. The number of hydrogen-bond acceptors (Lipinski definition) is 2. The van der Waals surface area contributed by atoms with Crippen molar-refractivity contribution in [2.45, 2.75) is 32.4 Å². The van der Waals surface area contributed by atoms with Gasteiger partial charge in [-0.15, -0.1) is 0 Å². The first-order valence-electron chi connectivity index (χ1n) is 6.82. The van der Waals surface area contributed by atoms with Crippen molar-refractivity contribution < 1.29 is 4.74 Å². The molecule has 0 aromatic heterocycles. The van der Waals surface area contributed by atoms with E-state index in [1.807, 2.05) is 62.4 Å². The zero-order chi connectivity index (χ0) is 14.5. The van der Waals surface area contributed by atoms with E-state index in [9.17, 15) is 0 Å². The largest absolute Gasteiger partial charge is 0.491 e. The Bertz CT molecular complexity index is 568. The quantitative estimate of drug-likeness (QED) is 0.887. The first kappa shape index (κ1) is 14.9. The third-order valence-corrected chi connectivity index (χ3v) is 3.45. The fraction of sp³-hybridized carbons (Fsp3) is 0.294. The van der Waals surface area contributed by atoms with E-state index in [0.29, 0.717) is 6.42 Å². The molecule has 0 aliphatic carbocycles. The van der Waals surface area contributed by atoms with Crippen LogP contribution in [0.5, 0.6) is 5.75 Å². The predicted octanol–water partition coefficient (Wildman–Crippen LogP) is 4.37. The Morgan fingerprint density at radius 1 is 1.05 bits per heavy atom. The third kappa shape index (κ3) is 3.75. The van der Waals surface area contributed by atoms with Gasteiger partial charge in [0.05, 0.1) is 6.10 Å². The number of halogens is 1. The Labute approximate surface area is 125 Å². The maximum absolute atomic E-state index is 6.33. The average molecular weight is 290 g/mol. The van der Waals surface area contributed by atoms with Crippen LogP contribution in [0, 0.1) is 0 Å². The van der Waals surface area contributed by atoms with Gasteiger partial charge in [0.25, 0.3) is 0 Å². The molecule has 0 spiro atoms.